The molecule has 0 aromatic carbocycles. The van der Waals surface area contributed by atoms with Crippen LogP contribution in [-0.2, 0) is 17.9 Å². The fourth-order valence-electron chi connectivity index (χ4n) is 4.67. The van der Waals surface area contributed by atoms with Crippen LogP contribution in [0.4, 0.5) is 0 Å². The largest absolute Gasteiger partial charge is 0.465 e. The lowest BCUT2D eigenvalue weighted by atomic mass is 9.93. The molecule has 0 saturated heterocycles. The maximum atomic E-state index is 13.5. The Morgan fingerprint density at radius 2 is 2.03 bits per heavy atom. The predicted octanol–water partition coefficient (Wildman–Crippen LogP) is 2.40. The number of imidazole rings is 1. The second-order valence-corrected chi connectivity index (χ2v) is 8.95. The lowest BCUT2D eigenvalue weighted by molar-refractivity contribution is -0.133. The van der Waals surface area contributed by atoms with Crippen LogP contribution < -0.4 is 10.6 Å². The Labute approximate surface area is 187 Å². The van der Waals surface area contributed by atoms with Crippen LogP contribution >= 0.6 is 0 Å². The Kier molecular flexibility index (Phi) is 6.08. The van der Waals surface area contributed by atoms with E-state index in [1.165, 1.54) is 6.33 Å². The quantitative estimate of drug-likeness (QED) is 0.686. The monoisotopic (exact) mass is 441 g/mol. The summed E-state index contributed by atoms with van der Waals surface area (Å²) in [4.78, 5) is 45.4. The highest BCUT2D eigenvalue weighted by Crippen LogP contribution is 2.30. The molecule has 2 N–H and O–H groups in total. The molecule has 9 nitrogen and oxygen atoms in total. The first kappa shape index (κ1) is 22.1. The van der Waals surface area contributed by atoms with Crippen molar-refractivity contribution in [2.24, 2.45) is 0 Å². The third-order valence-electron chi connectivity index (χ3n) is 6.42. The molecule has 9 heteroatoms. The van der Waals surface area contributed by atoms with Gasteiger partial charge in [0.05, 0.1) is 19.4 Å². The number of hydrogen-bond acceptors (Lipinski definition) is 5. The number of aromatic nitrogens is 2. The second-order valence-electron chi connectivity index (χ2n) is 8.95. The topological polar surface area (TPSA) is 109 Å². The van der Waals surface area contributed by atoms with Gasteiger partial charge in [0.25, 0.3) is 11.8 Å². The molecule has 3 heterocycles. The zero-order valence-corrected chi connectivity index (χ0v) is 18.9. The highest BCUT2D eigenvalue weighted by molar-refractivity contribution is 6.07. The Morgan fingerprint density at radius 1 is 1.28 bits per heavy atom. The van der Waals surface area contributed by atoms with E-state index < -0.39 is 11.4 Å². The van der Waals surface area contributed by atoms with Crippen molar-refractivity contribution in [3.8, 4) is 0 Å². The number of rotatable bonds is 7. The zero-order valence-electron chi connectivity index (χ0n) is 18.9. The first-order chi connectivity index (χ1) is 15.3. The Morgan fingerprint density at radius 3 is 2.69 bits per heavy atom. The van der Waals surface area contributed by atoms with Crippen LogP contribution in [0.5, 0.6) is 0 Å². The average Bonchev–Trinajstić information content (AvgIpc) is 3.50. The van der Waals surface area contributed by atoms with Gasteiger partial charge in [-0.3, -0.25) is 14.4 Å². The number of amides is 3. The third kappa shape index (κ3) is 4.03. The summed E-state index contributed by atoms with van der Waals surface area (Å²) in [6.45, 7) is 6.47. The van der Waals surface area contributed by atoms with Gasteiger partial charge in [-0.25, -0.2) is 4.98 Å². The number of furan rings is 1. The van der Waals surface area contributed by atoms with Crippen LogP contribution in [0.1, 0.15) is 78.4 Å². The first-order valence-corrected chi connectivity index (χ1v) is 11.3. The molecule has 0 unspecified atom stereocenters. The van der Waals surface area contributed by atoms with E-state index in [4.69, 9.17) is 4.42 Å². The molecule has 32 heavy (non-hydrogen) atoms. The fraction of sp³-hybridized carbons (Fsp3) is 0.565. The molecule has 0 spiro atoms. The van der Waals surface area contributed by atoms with Crippen molar-refractivity contribution in [3.63, 3.8) is 0 Å². The normalized spacial score (nSPS) is 21.0. The molecule has 1 saturated carbocycles. The minimum Gasteiger partial charge on any atom is -0.465 e. The van der Waals surface area contributed by atoms with E-state index >= 15 is 0 Å². The predicted molar refractivity (Wildman–Crippen MR) is 117 cm³/mol. The molecule has 172 valence electrons. The highest BCUT2D eigenvalue weighted by atomic mass is 16.3. The van der Waals surface area contributed by atoms with Gasteiger partial charge in [0.1, 0.15) is 22.8 Å². The molecule has 2 aliphatic rings. The first-order valence-electron chi connectivity index (χ1n) is 11.3. The van der Waals surface area contributed by atoms with Crippen molar-refractivity contribution in [1.82, 2.24) is 25.1 Å². The van der Waals surface area contributed by atoms with Crippen molar-refractivity contribution in [2.45, 2.75) is 77.5 Å². The number of aryl methyl sites for hydroxylation is 1. The van der Waals surface area contributed by atoms with Crippen LogP contribution in [0.3, 0.4) is 0 Å². The van der Waals surface area contributed by atoms with E-state index in [1.807, 2.05) is 19.9 Å². The van der Waals surface area contributed by atoms with Gasteiger partial charge in [0.2, 0.25) is 5.91 Å². The number of nitrogens with zero attached hydrogens (tertiary/aromatic N) is 3. The van der Waals surface area contributed by atoms with Crippen LogP contribution in [0.15, 0.2) is 22.9 Å². The van der Waals surface area contributed by atoms with Crippen LogP contribution in [0.2, 0.25) is 0 Å². The Balaban J connectivity index is 1.56. The zero-order chi connectivity index (χ0) is 22.9. The molecule has 3 amide bonds. The lowest BCUT2D eigenvalue weighted by Gasteiger charge is -2.44. The summed E-state index contributed by atoms with van der Waals surface area (Å²) in [5.74, 6) is 0.438. The fourth-order valence-corrected chi connectivity index (χ4v) is 4.67. The van der Waals surface area contributed by atoms with Gasteiger partial charge in [0.15, 0.2) is 5.69 Å². The Bertz CT molecular complexity index is 1020. The Hall–Kier alpha value is -3.10. The minimum absolute atomic E-state index is 0.0673. The number of hydrogen-bond donors (Lipinski definition) is 2. The van der Waals surface area contributed by atoms with Gasteiger partial charge >= 0.3 is 0 Å². The van der Waals surface area contributed by atoms with Crippen LogP contribution in [0.25, 0.3) is 0 Å². The van der Waals surface area contributed by atoms with Crippen molar-refractivity contribution >= 4 is 17.7 Å². The van der Waals surface area contributed by atoms with Crippen LogP contribution in [0, 0.1) is 6.92 Å². The van der Waals surface area contributed by atoms with Crippen molar-refractivity contribution in [2.75, 3.05) is 6.54 Å². The number of fused-ring (bicyclic) bond motifs is 1. The molecule has 2 aromatic rings. The molecule has 2 aromatic heterocycles. The lowest BCUT2D eigenvalue weighted by Crippen LogP contribution is -2.65. The van der Waals surface area contributed by atoms with E-state index in [9.17, 15) is 14.4 Å². The molecule has 4 rings (SSSR count). The smallest absolute Gasteiger partial charge is 0.273 e. The van der Waals surface area contributed by atoms with Gasteiger partial charge in [-0.1, -0.05) is 19.8 Å². The SMILES string of the molecule is CCCN1C(=O)c2c(C(=O)NCc3ccc(C)o3)ncn2C[C@@]1(C)C(=O)NC1CCCC1. The van der Waals surface area contributed by atoms with Gasteiger partial charge in [-0.15, -0.1) is 0 Å². The van der Waals surface area contributed by atoms with E-state index in [2.05, 4.69) is 15.6 Å². The maximum absolute atomic E-state index is 13.5. The van der Waals surface area contributed by atoms with E-state index in [-0.39, 0.29) is 42.3 Å². The van der Waals surface area contributed by atoms with E-state index in [0.717, 1.165) is 31.4 Å². The van der Waals surface area contributed by atoms with Gasteiger partial charge in [-0.05, 0) is 45.2 Å². The summed E-state index contributed by atoms with van der Waals surface area (Å²) < 4.78 is 7.12. The summed E-state index contributed by atoms with van der Waals surface area (Å²) >= 11 is 0. The summed E-state index contributed by atoms with van der Waals surface area (Å²) in [7, 11) is 0. The average molecular weight is 442 g/mol. The van der Waals surface area contributed by atoms with Gasteiger partial charge < -0.3 is 24.5 Å². The molecular formula is C23H31N5O4. The van der Waals surface area contributed by atoms with Crippen molar-refractivity contribution < 1.29 is 18.8 Å². The van der Waals surface area contributed by atoms with Gasteiger partial charge in [0, 0.05) is 12.6 Å². The highest BCUT2D eigenvalue weighted by Gasteiger charge is 2.48. The van der Waals surface area contributed by atoms with E-state index in [1.54, 1.807) is 22.5 Å². The molecular weight excluding hydrogens is 410 g/mol. The molecule has 1 aliphatic carbocycles. The minimum atomic E-state index is -1.04. The maximum Gasteiger partial charge on any atom is 0.273 e. The molecule has 1 fully saturated rings. The van der Waals surface area contributed by atoms with Crippen LogP contribution in [-0.4, -0.2) is 50.3 Å². The summed E-state index contributed by atoms with van der Waals surface area (Å²) in [6, 6.07) is 3.78. The molecule has 0 radical (unpaired) electrons. The van der Waals surface area contributed by atoms with Crippen molar-refractivity contribution in [1.29, 1.82) is 0 Å². The number of carbonyl (C=O) groups is 3. The molecule has 1 atom stereocenters. The molecule has 1 aliphatic heterocycles. The number of carbonyl (C=O) groups excluding carboxylic acids is 3. The van der Waals surface area contributed by atoms with E-state index in [0.29, 0.717) is 18.7 Å². The van der Waals surface area contributed by atoms with Gasteiger partial charge in [-0.2, -0.15) is 0 Å². The summed E-state index contributed by atoms with van der Waals surface area (Å²) in [5.41, 5.74) is -0.752. The standard InChI is InChI=1S/C23H31N5O4/c1-4-11-28-21(30)19-18(20(29)24-12-17-10-9-15(2)32-17)25-14-27(19)13-23(28,3)22(31)26-16-7-5-6-8-16/h9-10,14,16H,4-8,11-13H2,1-3H3,(H,24,29)(H,26,31)/t23-/m0/s1. The summed E-state index contributed by atoms with van der Waals surface area (Å²) in [6.07, 6.45) is 6.34. The second kappa shape index (κ2) is 8.80. The number of nitrogens with one attached hydrogen (secondary N) is 2. The third-order valence-corrected chi connectivity index (χ3v) is 6.42. The van der Waals surface area contributed by atoms with Crippen molar-refractivity contribution in [3.05, 3.63) is 41.4 Å². The molecule has 0 bridgehead atoms. The summed E-state index contributed by atoms with van der Waals surface area (Å²) in [5, 5.41) is 5.91.